The molecular formula is C23H27N3O6. The quantitative estimate of drug-likeness (QED) is 0.399. The first-order chi connectivity index (χ1) is 15.3. The number of aryl methyl sites for hydroxylation is 2. The van der Waals surface area contributed by atoms with Crippen molar-refractivity contribution in [1.29, 1.82) is 0 Å². The number of benzene rings is 2. The molecule has 1 aliphatic rings. The molecule has 0 aliphatic carbocycles. The number of rotatable bonds is 7. The lowest BCUT2D eigenvalue weighted by Gasteiger charge is -2.30. The van der Waals surface area contributed by atoms with Gasteiger partial charge in [-0.25, -0.2) is 4.79 Å². The van der Waals surface area contributed by atoms with Gasteiger partial charge < -0.3 is 19.7 Å². The zero-order valence-electron chi connectivity index (χ0n) is 18.4. The summed E-state index contributed by atoms with van der Waals surface area (Å²) in [6.07, 6.45) is 0. The van der Waals surface area contributed by atoms with Gasteiger partial charge in [-0.15, -0.1) is 0 Å². The van der Waals surface area contributed by atoms with E-state index in [0.717, 1.165) is 16.7 Å². The van der Waals surface area contributed by atoms with Gasteiger partial charge in [0.25, 0.3) is 11.6 Å². The second-order valence-corrected chi connectivity index (χ2v) is 7.77. The number of nitro groups is 1. The lowest BCUT2D eigenvalue weighted by Crippen LogP contribution is -2.37. The third-order valence-electron chi connectivity index (χ3n) is 5.51. The molecule has 2 aromatic carbocycles. The molecule has 0 saturated carbocycles. The first kappa shape index (κ1) is 23.2. The molecule has 0 spiro atoms. The summed E-state index contributed by atoms with van der Waals surface area (Å²) in [6.45, 7) is 7.45. The summed E-state index contributed by atoms with van der Waals surface area (Å²) in [6, 6.07) is 9.73. The van der Waals surface area contributed by atoms with Crippen molar-refractivity contribution in [3.63, 3.8) is 0 Å². The van der Waals surface area contributed by atoms with E-state index in [4.69, 9.17) is 9.47 Å². The monoisotopic (exact) mass is 441 g/mol. The number of esters is 1. The average Bonchev–Trinajstić information content (AvgIpc) is 2.79. The smallest absolute Gasteiger partial charge is 0.341 e. The standard InChI is InChI=1S/C23H27N3O6/c1-15-4-5-18(12-16(15)2)17(3)24-22(27)14-32-23(28)20-13-19(26(29)30)6-7-21(20)25-8-10-31-11-9-25/h4-7,12-13,17H,8-11,14H2,1-3H3,(H,24,27). The van der Waals surface area contributed by atoms with Crippen LogP contribution in [0.5, 0.6) is 0 Å². The molecule has 0 radical (unpaired) electrons. The van der Waals surface area contributed by atoms with Crippen LogP contribution in [0.4, 0.5) is 11.4 Å². The molecule has 9 nitrogen and oxygen atoms in total. The number of nitrogens with one attached hydrogen (secondary N) is 1. The van der Waals surface area contributed by atoms with E-state index in [1.807, 2.05) is 43.9 Å². The molecule has 9 heteroatoms. The molecule has 0 bridgehead atoms. The van der Waals surface area contributed by atoms with E-state index in [1.54, 1.807) is 0 Å². The fourth-order valence-electron chi connectivity index (χ4n) is 3.49. The van der Waals surface area contributed by atoms with Crippen LogP contribution in [-0.4, -0.2) is 49.7 Å². The minimum atomic E-state index is -0.788. The molecule has 170 valence electrons. The van der Waals surface area contributed by atoms with E-state index in [2.05, 4.69) is 5.32 Å². The number of morpholine rings is 1. The molecule has 1 amide bonds. The van der Waals surface area contributed by atoms with Crippen LogP contribution in [0.25, 0.3) is 0 Å². The fourth-order valence-corrected chi connectivity index (χ4v) is 3.49. The molecule has 1 fully saturated rings. The lowest BCUT2D eigenvalue weighted by atomic mass is 10.0. The Kier molecular flexibility index (Phi) is 7.42. The number of hydrogen-bond acceptors (Lipinski definition) is 7. The molecular weight excluding hydrogens is 414 g/mol. The van der Waals surface area contributed by atoms with Crippen molar-refractivity contribution >= 4 is 23.3 Å². The van der Waals surface area contributed by atoms with E-state index in [9.17, 15) is 19.7 Å². The first-order valence-corrected chi connectivity index (χ1v) is 10.4. The summed E-state index contributed by atoms with van der Waals surface area (Å²) in [5, 5.41) is 14.0. The highest BCUT2D eigenvalue weighted by Crippen LogP contribution is 2.27. The average molecular weight is 441 g/mol. The Bertz CT molecular complexity index is 1020. The Balaban J connectivity index is 1.67. The second kappa shape index (κ2) is 10.2. The molecule has 1 atom stereocenters. The van der Waals surface area contributed by atoms with Gasteiger partial charge in [-0.2, -0.15) is 0 Å². The maximum Gasteiger partial charge on any atom is 0.341 e. The van der Waals surface area contributed by atoms with Gasteiger partial charge in [0, 0.05) is 25.2 Å². The lowest BCUT2D eigenvalue weighted by molar-refractivity contribution is -0.384. The van der Waals surface area contributed by atoms with Gasteiger partial charge in [0.1, 0.15) is 0 Å². The normalized spacial score (nSPS) is 14.5. The molecule has 1 heterocycles. The van der Waals surface area contributed by atoms with Crippen LogP contribution < -0.4 is 10.2 Å². The Morgan fingerprint density at radius 1 is 1.16 bits per heavy atom. The van der Waals surface area contributed by atoms with Crippen LogP contribution in [0.1, 0.15) is 40.0 Å². The highest BCUT2D eigenvalue weighted by molar-refractivity contribution is 5.97. The molecule has 32 heavy (non-hydrogen) atoms. The summed E-state index contributed by atoms with van der Waals surface area (Å²) >= 11 is 0. The summed E-state index contributed by atoms with van der Waals surface area (Å²) in [5.74, 6) is -1.24. The van der Waals surface area contributed by atoms with Crippen molar-refractivity contribution in [3.8, 4) is 0 Å². The Labute approximate surface area is 186 Å². The topological polar surface area (TPSA) is 111 Å². The number of nitro benzene ring substituents is 1. The van der Waals surface area contributed by atoms with Crippen LogP contribution in [0.3, 0.4) is 0 Å². The fraction of sp³-hybridized carbons (Fsp3) is 0.391. The van der Waals surface area contributed by atoms with Crippen LogP contribution in [0.15, 0.2) is 36.4 Å². The number of ether oxygens (including phenoxy) is 2. The van der Waals surface area contributed by atoms with Crippen LogP contribution in [0.2, 0.25) is 0 Å². The third-order valence-corrected chi connectivity index (χ3v) is 5.51. The van der Waals surface area contributed by atoms with E-state index in [0.29, 0.717) is 32.0 Å². The zero-order chi connectivity index (χ0) is 23.3. The molecule has 1 unspecified atom stereocenters. The molecule has 1 N–H and O–H groups in total. The highest BCUT2D eigenvalue weighted by atomic mass is 16.6. The van der Waals surface area contributed by atoms with Gasteiger partial charge in [0.15, 0.2) is 6.61 Å². The molecule has 1 saturated heterocycles. The van der Waals surface area contributed by atoms with Gasteiger partial charge in [0.2, 0.25) is 0 Å². The number of amides is 1. The molecule has 0 aromatic heterocycles. The summed E-state index contributed by atoms with van der Waals surface area (Å²) in [7, 11) is 0. The number of carbonyl (C=O) groups is 2. The minimum absolute atomic E-state index is 0.0520. The largest absolute Gasteiger partial charge is 0.452 e. The number of hydrogen-bond donors (Lipinski definition) is 1. The summed E-state index contributed by atoms with van der Waals surface area (Å²) in [5.41, 5.74) is 3.58. The molecule has 1 aliphatic heterocycles. The van der Waals surface area contributed by atoms with E-state index in [1.165, 1.54) is 18.2 Å². The van der Waals surface area contributed by atoms with Gasteiger partial charge in [-0.05, 0) is 43.5 Å². The highest BCUT2D eigenvalue weighted by Gasteiger charge is 2.24. The van der Waals surface area contributed by atoms with Crippen molar-refractivity contribution < 1.29 is 24.0 Å². The Hall–Kier alpha value is -3.46. The second-order valence-electron chi connectivity index (χ2n) is 7.77. The summed E-state index contributed by atoms with van der Waals surface area (Å²) < 4.78 is 10.5. The third kappa shape index (κ3) is 5.61. The van der Waals surface area contributed by atoms with Crippen LogP contribution in [-0.2, 0) is 14.3 Å². The van der Waals surface area contributed by atoms with Crippen molar-refractivity contribution in [2.45, 2.75) is 26.8 Å². The maximum atomic E-state index is 12.7. The van der Waals surface area contributed by atoms with Crippen LogP contribution in [0, 0.1) is 24.0 Å². The van der Waals surface area contributed by atoms with Gasteiger partial charge >= 0.3 is 5.97 Å². The number of non-ortho nitro benzene ring substituents is 1. The van der Waals surface area contributed by atoms with Crippen molar-refractivity contribution in [1.82, 2.24) is 5.32 Å². The van der Waals surface area contributed by atoms with Crippen molar-refractivity contribution in [2.75, 3.05) is 37.8 Å². The van der Waals surface area contributed by atoms with Crippen LogP contribution >= 0.6 is 0 Å². The van der Waals surface area contributed by atoms with E-state index in [-0.39, 0.29) is 17.3 Å². The van der Waals surface area contributed by atoms with Gasteiger partial charge in [-0.1, -0.05) is 18.2 Å². The van der Waals surface area contributed by atoms with Gasteiger partial charge in [0.05, 0.1) is 35.4 Å². The first-order valence-electron chi connectivity index (χ1n) is 10.4. The molecule has 2 aromatic rings. The maximum absolute atomic E-state index is 12.7. The van der Waals surface area contributed by atoms with Crippen molar-refractivity contribution in [2.24, 2.45) is 0 Å². The van der Waals surface area contributed by atoms with E-state index >= 15 is 0 Å². The SMILES string of the molecule is Cc1ccc(C(C)NC(=O)COC(=O)c2cc([N+](=O)[O-])ccc2N2CCOCC2)cc1C. The van der Waals surface area contributed by atoms with Crippen molar-refractivity contribution in [3.05, 3.63) is 68.8 Å². The minimum Gasteiger partial charge on any atom is -0.452 e. The zero-order valence-corrected chi connectivity index (χ0v) is 18.4. The molecule has 3 rings (SSSR count). The Morgan fingerprint density at radius 2 is 1.88 bits per heavy atom. The number of carbonyl (C=O) groups excluding carboxylic acids is 2. The summed E-state index contributed by atoms with van der Waals surface area (Å²) in [4.78, 5) is 37.6. The Morgan fingerprint density at radius 3 is 2.53 bits per heavy atom. The van der Waals surface area contributed by atoms with E-state index < -0.39 is 23.4 Å². The number of nitrogens with zero attached hydrogens (tertiary/aromatic N) is 2. The number of anilines is 1. The van der Waals surface area contributed by atoms with Gasteiger partial charge in [-0.3, -0.25) is 14.9 Å². The predicted molar refractivity (Wildman–Crippen MR) is 119 cm³/mol. The predicted octanol–water partition coefficient (Wildman–Crippen LogP) is 3.08.